The number of aliphatic hydroxyl groups excluding tert-OH is 1. The maximum atomic E-state index is 12.2. The second-order valence-corrected chi connectivity index (χ2v) is 6.96. The lowest BCUT2D eigenvalue weighted by Gasteiger charge is -2.13. The van der Waals surface area contributed by atoms with Gasteiger partial charge < -0.3 is 10.8 Å². The van der Waals surface area contributed by atoms with Crippen LogP contribution in [0.15, 0.2) is 39.9 Å². The van der Waals surface area contributed by atoms with Crippen LogP contribution in [-0.2, 0) is 10.0 Å². The molecule has 1 aromatic heterocycles. The summed E-state index contributed by atoms with van der Waals surface area (Å²) in [5, 5.41) is 13.5. The van der Waals surface area contributed by atoms with Crippen molar-refractivity contribution in [1.82, 2.24) is 4.72 Å². The van der Waals surface area contributed by atoms with Crippen molar-refractivity contribution in [1.29, 1.82) is 0 Å². The summed E-state index contributed by atoms with van der Waals surface area (Å²) in [6.07, 6.45) is -0.864. The summed E-state index contributed by atoms with van der Waals surface area (Å²) in [4.78, 5) is 0.134. The fourth-order valence-electron chi connectivity index (χ4n) is 1.76. The number of aryl methyl sites for hydroxylation is 1. The molecule has 1 unspecified atom stereocenters. The van der Waals surface area contributed by atoms with Crippen molar-refractivity contribution >= 4 is 27.0 Å². The number of benzene rings is 1. The normalized spacial score (nSPS) is 13.3. The summed E-state index contributed by atoms with van der Waals surface area (Å²) >= 11 is 1.45. The Kier molecular flexibility index (Phi) is 4.44. The molecule has 0 aliphatic carbocycles. The van der Waals surface area contributed by atoms with Gasteiger partial charge in [0.2, 0.25) is 10.0 Å². The second-order valence-electron chi connectivity index (χ2n) is 4.45. The van der Waals surface area contributed by atoms with E-state index in [0.29, 0.717) is 16.8 Å². The minimum atomic E-state index is -3.69. The SMILES string of the molecule is Cc1ccc(N)cc1S(=O)(=O)NCC(O)c1ccsc1. The highest BCUT2D eigenvalue weighted by Crippen LogP contribution is 2.20. The van der Waals surface area contributed by atoms with E-state index < -0.39 is 16.1 Å². The molecule has 7 heteroatoms. The van der Waals surface area contributed by atoms with Crippen molar-refractivity contribution < 1.29 is 13.5 Å². The monoisotopic (exact) mass is 312 g/mol. The quantitative estimate of drug-likeness (QED) is 0.732. The van der Waals surface area contributed by atoms with Gasteiger partial charge in [-0.3, -0.25) is 0 Å². The number of rotatable bonds is 5. The summed E-state index contributed by atoms with van der Waals surface area (Å²) in [6, 6.07) is 6.47. The number of nitrogens with two attached hydrogens (primary N) is 1. The van der Waals surface area contributed by atoms with Gasteiger partial charge in [-0.2, -0.15) is 11.3 Å². The highest BCUT2D eigenvalue weighted by molar-refractivity contribution is 7.89. The number of hydrogen-bond donors (Lipinski definition) is 3. The molecule has 2 rings (SSSR count). The number of anilines is 1. The Morgan fingerprint density at radius 3 is 2.80 bits per heavy atom. The Hall–Kier alpha value is -1.41. The number of aliphatic hydroxyl groups is 1. The maximum absolute atomic E-state index is 12.2. The zero-order valence-electron chi connectivity index (χ0n) is 10.9. The highest BCUT2D eigenvalue weighted by Gasteiger charge is 2.19. The molecule has 0 fully saturated rings. The molecule has 108 valence electrons. The van der Waals surface area contributed by atoms with Gasteiger partial charge in [0.15, 0.2) is 0 Å². The second kappa shape index (κ2) is 5.92. The molecule has 0 bridgehead atoms. The molecule has 1 atom stereocenters. The van der Waals surface area contributed by atoms with Crippen LogP contribution in [0.5, 0.6) is 0 Å². The molecule has 2 aromatic rings. The Balaban J connectivity index is 2.13. The lowest BCUT2D eigenvalue weighted by molar-refractivity contribution is 0.182. The van der Waals surface area contributed by atoms with Crippen LogP contribution in [0.25, 0.3) is 0 Å². The van der Waals surface area contributed by atoms with Crippen molar-refractivity contribution in [3.63, 3.8) is 0 Å². The van der Waals surface area contributed by atoms with Crippen LogP contribution in [0.1, 0.15) is 17.2 Å². The number of sulfonamides is 1. The van der Waals surface area contributed by atoms with Crippen molar-refractivity contribution in [2.75, 3.05) is 12.3 Å². The van der Waals surface area contributed by atoms with E-state index in [4.69, 9.17) is 5.73 Å². The van der Waals surface area contributed by atoms with Gasteiger partial charge in [0.1, 0.15) is 0 Å². The molecule has 4 N–H and O–H groups in total. The Bertz CT molecular complexity index is 682. The van der Waals surface area contributed by atoms with E-state index in [-0.39, 0.29) is 11.4 Å². The topological polar surface area (TPSA) is 92.4 Å². The van der Waals surface area contributed by atoms with Gasteiger partial charge in [-0.1, -0.05) is 6.07 Å². The average Bonchev–Trinajstić information content (AvgIpc) is 2.93. The first-order valence-corrected chi connectivity index (χ1v) is 8.39. The van der Waals surface area contributed by atoms with E-state index in [1.165, 1.54) is 17.4 Å². The molecule has 0 saturated carbocycles. The van der Waals surface area contributed by atoms with Crippen LogP contribution in [0, 0.1) is 6.92 Å². The molecular weight excluding hydrogens is 296 g/mol. The summed E-state index contributed by atoms with van der Waals surface area (Å²) < 4.78 is 26.8. The van der Waals surface area contributed by atoms with E-state index in [2.05, 4.69) is 4.72 Å². The van der Waals surface area contributed by atoms with Crippen molar-refractivity contribution in [3.8, 4) is 0 Å². The minimum absolute atomic E-state index is 0.0761. The molecule has 1 aromatic carbocycles. The summed E-state index contributed by atoms with van der Waals surface area (Å²) in [7, 11) is -3.69. The Morgan fingerprint density at radius 2 is 2.15 bits per heavy atom. The van der Waals surface area contributed by atoms with Crippen LogP contribution in [0.2, 0.25) is 0 Å². The van der Waals surface area contributed by atoms with Gasteiger partial charge in [0.25, 0.3) is 0 Å². The molecular formula is C13H16N2O3S2. The largest absolute Gasteiger partial charge is 0.399 e. The molecule has 0 radical (unpaired) electrons. The Labute approximate surface area is 122 Å². The first-order valence-electron chi connectivity index (χ1n) is 5.96. The third-order valence-corrected chi connectivity index (χ3v) is 5.16. The zero-order chi connectivity index (χ0) is 14.8. The van der Waals surface area contributed by atoms with Crippen molar-refractivity contribution in [2.24, 2.45) is 0 Å². The van der Waals surface area contributed by atoms with Gasteiger partial charge in [-0.05, 0) is 47.0 Å². The van der Waals surface area contributed by atoms with Crippen LogP contribution in [0.3, 0.4) is 0 Å². The van der Waals surface area contributed by atoms with E-state index in [9.17, 15) is 13.5 Å². The molecule has 1 heterocycles. The standard InChI is InChI=1S/C13H16N2O3S2/c1-9-2-3-11(14)6-13(9)20(17,18)15-7-12(16)10-4-5-19-8-10/h2-6,8,12,15-16H,7,14H2,1H3. The van der Waals surface area contributed by atoms with Crippen LogP contribution in [-0.4, -0.2) is 20.1 Å². The van der Waals surface area contributed by atoms with Crippen LogP contribution < -0.4 is 10.5 Å². The van der Waals surface area contributed by atoms with E-state index in [1.54, 1.807) is 30.5 Å². The molecule has 5 nitrogen and oxygen atoms in total. The highest BCUT2D eigenvalue weighted by atomic mass is 32.2. The first-order chi connectivity index (χ1) is 9.40. The molecule has 0 amide bonds. The van der Waals surface area contributed by atoms with Gasteiger partial charge in [0, 0.05) is 12.2 Å². The summed E-state index contributed by atoms with van der Waals surface area (Å²) in [6.45, 7) is 1.62. The minimum Gasteiger partial charge on any atom is -0.399 e. The first kappa shape index (κ1) is 15.0. The lowest BCUT2D eigenvalue weighted by atomic mass is 10.2. The predicted molar refractivity (Wildman–Crippen MR) is 80.1 cm³/mol. The van der Waals surface area contributed by atoms with E-state index in [1.807, 2.05) is 5.38 Å². The maximum Gasteiger partial charge on any atom is 0.241 e. The predicted octanol–water partition coefficient (Wildman–Crippen LogP) is 1.65. The third kappa shape index (κ3) is 3.37. The van der Waals surface area contributed by atoms with E-state index in [0.717, 1.165) is 0 Å². The lowest BCUT2D eigenvalue weighted by Crippen LogP contribution is -2.29. The average molecular weight is 312 g/mol. The Morgan fingerprint density at radius 1 is 1.40 bits per heavy atom. The van der Waals surface area contributed by atoms with Crippen molar-refractivity contribution in [2.45, 2.75) is 17.9 Å². The summed E-state index contributed by atoms with van der Waals surface area (Å²) in [5.74, 6) is 0. The van der Waals surface area contributed by atoms with Gasteiger partial charge >= 0.3 is 0 Å². The molecule has 0 aliphatic heterocycles. The molecule has 0 spiro atoms. The molecule has 0 saturated heterocycles. The molecule has 0 aliphatic rings. The van der Waals surface area contributed by atoms with Gasteiger partial charge in [0.05, 0.1) is 11.0 Å². The number of hydrogen-bond acceptors (Lipinski definition) is 5. The number of thiophene rings is 1. The fourth-order valence-corrected chi connectivity index (χ4v) is 3.78. The summed E-state index contributed by atoms with van der Waals surface area (Å²) in [5.41, 5.74) is 7.31. The van der Waals surface area contributed by atoms with Crippen LogP contribution >= 0.6 is 11.3 Å². The van der Waals surface area contributed by atoms with Gasteiger partial charge in [-0.15, -0.1) is 0 Å². The van der Waals surface area contributed by atoms with Gasteiger partial charge in [-0.25, -0.2) is 13.1 Å². The smallest absolute Gasteiger partial charge is 0.241 e. The van der Waals surface area contributed by atoms with Crippen molar-refractivity contribution in [3.05, 3.63) is 46.2 Å². The number of nitrogen functional groups attached to an aromatic ring is 1. The number of nitrogens with one attached hydrogen (secondary N) is 1. The third-order valence-electron chi connectivity index (χ3n) is 2.90. The van der Waals surface area contributed by atoms with Crippen LogP contribution in [0.4, 0.5) is 5.69 Å². The fraction of sp³-hybridized carbons (Fsp3) is 0.231. The van der Waals surface area contributed by atoms with E-state index >= 15 is 0 Å². The zero-order valence-corrected chi connectivity index (χ0v) is 12.5. The molecule has 20 heavy (non-hydrogen) atoms.